The summed E-state index contributed by atoms with van der Waals surface area (Å²) in [7, 11) is 0. The summed E-state index contributed by atoms with van der Waals surface area (Å²) in [4.78, 5) is 0. The number of benzene rings is 2. The van der Waals surface area contributed by atoms with Gasteiger partial charge in [-0.3, -0.25) is 0 Å². The SMILES string of the molecule is C=Cc1ccc(C(C)(C)c2ccc(C=C)cc2)cc1. The van der Waals surface area contributed by atoms with E-state index in [0.29, 0.717) is 0 Å². The lowest BCUT2D eigenvalue weighted by Crippen LogP contribution is -2.18. The molecule has 0 heteroatoms. The quantitative estimate of drug-likeness (QED) is 0.689. The standard InChI is InChI=1S/C19H20/c1-5-15-7-11-17(12-8-15)19(3,4)18-13-9-16(6-2)10-14-18/h5-14H,1-2H2,3-4H3. The van der Waals surface area contributed by atoms with Gasteiger partial charge in [0.1, 0.15) is 0 Å². The van der Waals surface area contributed by atoms with Crippen LogP contribution in [0.15, 0.2) is 61.7 Å². The second-order valence-corrected chi connectivity index (χ2v) is 5.28. The van der Waals surface area contributed by atoms with Crippen molar-refractivity contribution >= 4 is 12.2 Å². The Kier molecular flexibility index (Phi) is 3.71. The third kappa shape index (κ3) is 2.68. The van der Waals surface area contributed by atoms with Crippen LogP contribution in [0.3, 0.4) is 0 Å². The molecule has 2 aromatic rings. The first-order chi connectivity index (χ1) is 9.07. The van der Waals surface area contributed by atoms with E-state index in [2.05, 4.69) is 75.5 Å². The molecule has 0 atom stereocenters. The van der Waals surface area contributed by atoms with Gasteiger partial charge in [-0.05, 0) is 22.3 Å². The third-order valence-corrected chi connectivity index (χ3v) is 3.74. The molecule has 0 saturated heterocycles. The Bertz CT molecular complexity index is 515. The molecule has 0 radical (unpaired) electrons. The summed E-state index contributed by atoms with van der Waals surface area (Å²) in [6.07, 6.45) is 3.74. The van der Waals surface area contributed by atoms with Crippen molar-refractivity contribution in [2.45, 2.75) is 19.3 Å². The van der Waals surface area contributed by atoms with Crippen molar-refractivity contribution in [2.24, 2.45) is 0 Å². The van der Waals surface area contributed by atoms with Crippen LogP contribution in [0.25, 0.3) is 12.2 Å². The molecule has 2 rings (SSSR count). The minimum absolute atomic E-state index is 0.000595. The summed E-state index contributed by atoms with van der Waals surface area (Å²) in [6.45, 7) is 12.1. The molecule has 0 fully saturated rings. The molecule has 0 amide bonds. The smallest absolute Gasteiger partial charge is 0.0146 e. The van der Waals surface area contributed by atoms with Crippen molar-refractivity contribution in [1.82, 2.24) is 0 Å². The van der Waals surface area contributed by atoms with Gasteiger partial charge in [-0.15, -0.1) is 0 Å². The van der Waals surface area contributed by atoms with Gasteiger partial charge in [-0.2, -0.15) is 0 Å². The van der Waals surface area contributed by atoms with Crippen molar-refractivity contribution in [3.05, 3.63) is 83.9 Å². The predicted molar refractivity (Wildman–Crippen MR) is 85.2 cm³/mol. The fourth-order valence-electron chi connectivity index (χ4n) is 2.24. The average Bonchev–Trinajstić information content (AvgIpc) is 2.47. The first kappa shape index (κ1) is 13.4. The van der Waals surface area contributed by atoms with Gasteiger partial charge in [-0.1, -0.05) is 87.7 Å². The zero-order valence-corrected chi connectivity index (χ0v) is 11.7. The highest BCUT2D eigenvalue weighted by Crippen LogP contribution is 2.31. The number of hydrogen-bond donors (Lipinski definition) is 0. The Hall–Kier alpha value is -2.08. The highest BCUT2D eigenvalue weighted by atomic mass is 14.3. The van der Waals surface area contributed by atoms with Crippen LogP contribution < -0.4 is 0 Å². The second-order valence-electron chi connectivity index (χ2n) is 5.28. The van der Waals surface area contributed by atoms with Gasteiger partial charge >= 0.3 is 0 Å². The Morgan fingerprint density at radius 1 is 0.684 bits per heavy atom. The van der Waals surface area contributed by atoms with E-state index in [0.717, 1.165) is 11.1 Å². The van der Waals surface area contributed by atoms with Crippen LogP contribution in [-0.4, -0.2) is 0 Å². The van der Waals surface area contributed by atoms with Crippen LogP contribution >= 0.6 is 0 Å². The van der Waals surface area contributed by atoms with Gasteiger partial charge < -0.3 is 0 Å². The fourth-order valence-corrected chi connectivity index (χ4v) is 2.24. The zero-order valence-electron chi connectivity index (χ0n) is 11.7. The summed E-state index contributed by atoms with van der Waals surface area (Å²) in [6, 6.07) is 17.2. The Morgan fingerprint density at radius 3 is 1.26 bits per heavy atom. The van der Waals surface area contributed by atoms with E-state index < -0.39 is 0 Å². The van der Waals surface area contributed by atoms with E-state index in [-0.39, 0.29) is 5.41 Å². The lowest BCUT2D eigenvalue weighted by atomic mass is 9.78. The van der Waals surface area contributed by atoms with E-state index in [9.17, 15) is 0 Å². The van der Waals surface area contributed by atoms with Crippen LogP contribution in [0.5, 0.6) is 0 Å². The molecule has 19 heavy (non-hydrogen) atoms. The zero-order chi connectivity index (χ0) is 13.9. The van der Waals surface area contributed by atoms with Gasteiger partial charge in [0.15, 0.2) is 0 Å². The summed E-state index contributed by atoms with van der Waals surface area (Å²) in [5, 5.41) is 0. The molecule has 0 unspecified atom stereocenters. The minimum Gasteiger partial charge on any atom is -0.0985 e. The van der Waals surface area contributed by atoms with Crippen LogP contribution in [0.2, 0.25) is 0 Å². The number of rotatable bonds is 4. The van der Waals surface area contributed by atoms with Crippen molar-refractivity contribution in [1.29, 1.82) is 0 Å². The minimum atomic E-state index is -0.000595. The van der Waals surface area contributed by atoms with E-state index in [1.54, 1.807) is 0 Å². The molecule has 0 saturated carbocycles. The molecule has 0 bridgehead atoms. The van der Waals surface area contributed by atoms with E-state index in [1.807, 2.05) is 12.2 Å². The lowest BCUT2D eigenvalue weighted by Gasteiger charge is -2.26. The van der Waals surface area contributed by atoms with E-state index >= 15 is 0 Å². The molecule has 0 aliphatic rings. The maximum absolute atomic E-state index is 3.79. The lowest BCUT2D eigenvalue weighted by molar-refractivity contribution is 0.641. The normalized spacial score (nSPS) is 11.1. The summed E-state index contributed by atoms with van der Waals surface area (Å²) in [5.41, 5.74) is 4.93. The molecule has 0 N–H and O–H groups in total. The van der Waals surface area contributed by atoms with Gasteiger partial charge in [0, 0.05) is 5.41 Å². The van der Waals surface area contributed by atoms with Crippen molar-refractivity contribution < 1.29 is 0 Å². The van der Waals surface area contributed by atoms with Crippen molar-refractivity contribution in [3.63, 3.8) is 0 Å². The van der Waals surface area contributed by atoms with Gasteiger partial charge in [0.05, 0.1) is 0 Å². The monoisotopic (exact) mass is 248 g/mol. The molecule has 96 valence electrons. The first-order valence-electron chi connectivity index (χ1n) is 6.54. The molecular formula is C19H20. The summed E-state index contributed by atoms with van der Waals surface area (Å²) in [5.74, 6) is 0. The highest BCUT2D eigenvalue weighted by Gasteiger charge is 2.22. The second kappa shape index (κ2) is 5.27. The van der Waals surface area contributed by atoms with Crippen LogP contribution in [-0.2, 0) is 5.41 Å². The average molecular weight is 248 g/mol. The molecular weight excluding hydrogens is 228 g/mol. The Balaban J connectivity index is 2.38. The predicted octanol–water partition coefficient (Wildman–Crippen LogP) is 5.30. The third-order valence-electron chi connectivity index (χ3n) is 3.74. The maximum atomic E-state index is 3.79. The van der Waals surface area contributed by atoms with Crippen LogP contribution in [0.1, 0.15) is 36.1 Å². The molecule has 0 aromatic heterocycles. The topological polar surface area (TPSA) is 0 Å². The molecule has 2 aromatic carbocycles. The first-order valence-corrected chi connectivity index (χ1v) is 6.54. The molecule has 0 heterocycles. The molecule has 0 spiro atoms. The maximum Gasteiger partial charge on any atom is 0.0146 e. The highest BCUT2D eigenvalue weighted by molar-refractivity contribution is 5.51. The van der Waals surface area contributed by atoms with Gasteiger partial charge in [0.2, 0.25) is 0 Å². The molecule has 0 aliphatic heterocycles. The van der Waals surface area contributed by atoms with Crippen molar-refractivity contribution in [2.75, 3.05) is 0 Å². The van der Waals surface area contributed by atoms with Crippen LogP contribution in [0.4, 0.5) is 0 Å². The molecule has 0 aliphatic carbocycles. The molecule has 0 nitrogen and oxygen atoms in total. The summed E-state index contributed by atoms with van der Waals surface area (Å²) >= 11 is 0. The summed E-state index contributed by atoms with van der Waals surface area (Å²) < 4.78 is 0. The largest absolute Gasteiger partial charge is 0.0985 e. The van der Waals surface area contributed by atoms with E-state index in [1.165, 1.54) is 11.1 Å². The van der Waals surface area contributed by atoms with Crippen molar-refractivity contribution in [3.8, 4) is 0 Å². The van der Waals surface area contributed by atoms with E-state index in [4.69, 9.17) is 0 Å². The Morgan fingerprint density at radius 2 is 1.00 bits per heavy atom. The van der Waals surface area contributed by atoms with Gasteiger partial charge in [0.25, 0.3) is 0 Å². The fraction of sp³-hybridized carbons (Fsp3) is 0.158. The van der Waals surface area contributed by atoms with Gasteiger partial charge in [-0.25, -0.2) is 0 Å². The van der Waals surface area contributed by atoms with Crippen LogP contribution in [0, 0.1) is 0 Å². The Labute approximate surface area is 116 Å². The number of hydrogen-bond acceptors (Lipinski definition) is 0.